The van der Waals surface area contributed by atoms with Gasteiger partial charge in [0, 0.05) is 19.2 Å². The van der Waals surface area contributed by atoms with Gasteiger partial charge in [-0.05, 0) is 43.9 Å². The van der Waals surface area contributed by atoms with Crippen LogP contribution in [-0.4, -0.2) is 29.2 Å². The topological polar surface area (TPSA) is 23.5 Å². The summed E-state index contributed by atoms with van der Waals surface area (Å²) in [5, 5.41) is 10.1. The monoisotopic (exact) mass is 287 g/mol. The molecule has 0 spiro atoms. The molecule has 1 aliphatic carbocycles. The van der Waals surface area contributed by atoms with Crippen molar-refractivity contribution in [2.24, 2.45) is 0 Å². The Labute approximate surface area is 119 Å². The summed E-state index contributed by atoms with van der Waals surface area (Å²) < 4.78 is 0. The standard InChI is InChI=1S/C14H19Cl2NO/c15-13-5-3-4-11(14(13)16)10-17(12-6-7-12)8-1-2-9-18/h3-5,12,18H,1-2,6-10H2. The number of nitrogens with zero attached hydrogens (tertiary/aromatic N) is 1. The van der Waals surface area contributed by atoms with Gasteiger partial charge >= 0.3 is 0 Å². The van der Waals surface area contributed by atoms with Gasteiger partial charge in [-0.15, -0.1) is 0 Å². The predicted octanol–water partition coefficient (Wildman–Crippen LogP) is 3.73. The first-order chi connectivity index (χ1) is 8.72. The fourth-order valence-corrected chi connectivity index (χ4v) is 2.53. The summed E-state index contributed by atoms with van der Waals surface area (Å²) in [4.78, 5) is 2.45. The van der Waals surface area contributed by atoms with Crippen molar-refractivity contribution in [3.8, 4) is 0 Å². The lowest BCUT2D eigenvalue weighted by Gasteiger charge is -2.22. The molecule has 1 fully saturated rings. The Bertz CT molecular complexity index is 393. The van der Waals surface area contributed by atoms with E-state index < -0.39 is 0 Å². The molecule has 0 radical (unpaired) electrons. The van der Waals surface area contributed by atoms with E-state index >= 15 is 0 Å². The van der Waals surface area contributed by atoms with Crippen molar-refractivity contribution in [2.75, 3.05) is 13.2 Å². The van der Waals surface area contributed by atoms with Crippen LogP contribution in [0.1, 0.15) is 31.2 Å². The van der Waals surface area contributed by atoms with Gasteiger partial charge in [0.25, 0.3) is 0 Å². The molecule has 0 unspecified atom stereocenters. The summed E-state index contributed by atoms with van der Waals surface area (Å²) in [7, 11) is 0. The SMILES string of the molecule is OCCCCN(Cc1cccc(Cl)c1Cl)C1CC1. The molecule has 2 rings (SSSR count). The molecule has 1 aromatic rings. The van der Waals surface area contributed by atoms with Crippen molar-refractivity contribution < 1.29 is 5.11 Å². The summed E-state index contributed by atoms with van der Waals surface area (Å²) in [6.45, 7) is 2.15. The smallest absolute Gasteiger partial charge is 0.0637 e. The second-order valence-electron chi connectivity index (χ2n) is 4.85. The summed E-state index contributed by atoms with van der Waals surface area (Å²) in [5.41, 5.74) is 1.10. The second-order valence-corrected chi connectivity index (χ2v) is 5.63. The lowest BCUT2D eigenvalue weighted by atomic mass is 10.2. The van der Waals surface area contributed by atoms with Crippen molar-refractivity contribution >= 4 is 23.2 Å². The van der Waals surface area contributed by atoms with E-state index in [2.05, 4.69) is 4.90 Å². The van der Waals surface area contributed by atoms with Crippen LogP contribution in [0.4, 0.5) is 0 Å². The number of aliphatic hydroxyl groups excluding tert-OH is 1. The molecule has 0 heterocycles. The van der Waals surface area contributed by atoms with Crippen molar-refractivity contribution in [2.45, 2.75) is 38.3 Å². The highest BCUT2D eigenvalue weighted by Crippen LogP contribution is 2.32. The average Bonchev–Trinajstić information content (AvgIpc) is 3.18. The first-order valence-corrected chi connectivity index (χ1v) is 7.25. The number of unbranched alkanes of at least 4 members (excludes halogenated alkanes) is 1. The van der Waals surface area contributed by atoms with Crippen LogP contribution >= 0.6 is 23.2 Å². The van der Waals surface area contributed by atoms with Crippen LogP contribution in [0.15, 0.2) is 18.2 Å². The largest absolute Gasteiger partial charge is 0.396 e. The first-order valence-electron chi connectivity index (χ1n) is 6.50. The van der Waals surface area contributed by atoms with Crippen molar-refractivity contribution in [1.82, 2.24) is 4.90 Å². The number of rotatable bonds is 7. The van der Waals surface area contributed by atoms with Crippen molar-refractivity contribution in [3.05, 3.63) is 33.8 Å². The zero-order valence-corrected chi connectivity index (χ0v) is 11.9. The molecule has 0 aromatic heterocycles. The van der Waals surface area contributed by atoms with E-state index in [1.165, 1.54) is 12.8 Å². The van der Waals surface area contributed by atoms with Crippen LogP contribution in [0, 0.1) is 0 Å². The molecular formula is C14H19Cl2NO. The lowest BCUT2D eigenvalue weighted by molar-refractivity contribution is 0.229. The summed E-state index contributed by atoms with van der Waals surface area (Å²) in [6.07, 6.45) is 4.45. The van der Waals surface area contributed by atoms with E-state index in [4.69, 9.17) is 28.3 Å². The molecule has 4 heteroatoms. The Hall–Kier alpha value is -0.280. The Morgan fingerprint density at radius 3 is 2.67 bits per heavy atom. The maximum absolute atomic E-state index is 8.85. The van der Waals surface area contributed by atoms with E-state index in [1.807, 2.05) is 18.2 Å². The van der Waals surface area contributed by atoms with Gasteiger partial charge in [-0.2, -0.15) is 0 Å². The van der Waals surface area contributed by atoms with Crippen LogP contribution in [0.2, 0.25) is 10.0 Å². The quantitative estimate of drug-likeness (QED) is 0.773. The highest BCUT2D eigenvalue weighted by Gasteiger charge is 2.28. The van der Waals surface area contributed by atoms with Gasteiger partial charge in [0.2, 0.25) is 0 Å². The number of hydrogen-bond donors (Lipinski definition) is 1. The summed E-state index contributed by atoms with van der Waals surface area (Å²) in [5.74, 6) is 0. The number of halogens is 2. The minimum atomic E-state index is 0.274. The number of hydrogen-bond acceptors (Lipinski definition) is 2. The third kappa shape index (κ3) is 3.86. The first kappa shape index (κ1) is 14.1. The maximum Gasteiger partial charge on any atom is 0.0637 e. The van der Waals surface area contributed by atoms with Gasteiger partial charge in [0.1, 0.15) is 0 Å². The molecule has 100 valence electrons. The Kier molecular flexibility index (Phi) is 5.31. The van der Waals surface area contributed by atoms with E-state index in [9.17, 15) is 0 Å². The van der Waals surface area contributed by atoms with Crippen LogP contribution in [0.5, 0.6) is 0 Å². The molecule has 0 aliphatic heterocycles. The molecule has 0 amide bonds. The molecule has 1 aromatic carbocycles. The fraction of sp³-hybridized carbons (Fsp3) is 0.571. The molecule has 1 saturated carbocycles. The van der Waals surface area contributed by atoms with Crippen molar-refractivity contribution in [3.63, 3.8) is 0 Å². The Balaban J connectivity index is 1.97. The third-order valence-corrected chi connectivity index (χ3v) is 4.18. The molecule has 2 nitrogen and oxygen atoms in total. The summed E-state index contributed by atoms with van der Waals surface area (Å²) >= 11 is 12.3. The van der Waals surface area contributed by atoms with Gasteiger partial charge in [0.05, 0.1) is 10.0 Å². The summed E-state index contributed by atoms with van der Waals surface area (Å²) in [6, 6.07) is 6.50. The minimum absolute atomic E-state index is 0.274. The van der Waals surface area contributed by atoms with Crippen LogP contribution < -0.4 is 0 Å². The minimum Gasteiger partial charge on any atom is -0.396 e. The van der Waals surface area contributed by atoms with E-state index in [0.29, 0.717) is 16.1 Å². The van der Waals surface area contributed by atoms with Crippen LogP contribution in [0.3, 0.4) is 0 Å². The van der Waals surface area contributed by atoms with Gasteiger partial charge < -0.3 is 5.11 Å². The predicted molar refractivity (Wildman–Crippen MR) is 76.2 cm³/mol. The normalized spacial score (nSPS) is 15.3. The zero-order chi connectivity index (χ0) is 13.0. The highest BCUT2D eigenvalue weighted by molar-refractivity contribution is 6.42. The molecule has 1 aliphatic rings. The molecule has 1 N–H and O–H groups in total. The third-order valence-electron chi connectivity index (χ3n) is 3.32. The average molecular weight is 288 g/mol. The van der Waals surface area contributed by atoms with Crippen molar-refractivity contribution in [1.29, 1.82) is 0 Å². The molecular weight excluding hydrogens is 269 g/mol. The van der Waals surface area contributed by atoms with Gasteiger partial charge in [0.15, 0.2) is 0 Å². The van der Waals surface area contributed by atoms with Gasteiger partial charge in [-0.25, -0.2) is 0 Å². The molecule has 0 saturated heterocycles. The Morgan fingerprint density at radius 2 is 2.00 bits per heavy atom. The fourth-order valence-electron chi connectivity index (χ4n) is 2.15. The van der Waals surface area contributed by atoms with E-state index in [1.54, 1.807) is 0 Å². The van der Waals surface area contributed by atoms with E-state index in [0.717, 1.165) is 31.5 Å². The zero-order valence-electron chi connectivity index (χ0n) is 10.4. The van der Waals surface area contributed by atoms with Gasteiger partial charge in [-0.3, -0.25) is 4.90 Å². The Morgan fingerprint density at radius 1 is 1.22 bits per heavy atom. The molecule has 0 atom stereocenters. The van der Waals surface area contributed by atoms with Gasteiger partial charge in [-0.1, -0.05) is 35.3 Å². The molecule has 0 bridgehead atoms. The number of benzene rings is 1. The number of aliphatic hydroxyl groups is 1. The van der Waals surface area contributed by atoms with Crippen LogP contribution in [0.25, 0.3) is 0 Å². The maximum atomic E-state index is 8.85. The second kappa shape index (κ2) is 6.76. The van der Waals surface area contributed by atoms with Crippen LogP contribution in [-0.2, 0) is 6.54 Å². The lowest BCUT2D eigenvalue weighted by Crippen LogP contribution is -2.27. The van der Waals surface area contributed by atoms with E-state index in [-0.39, 0.29) is 6.61 Å². The highest BCUT2D eigenvalue weighted by atomic mass is 35.5. The molecule has 18 heavy (non-hydrogen) atoms.